The zero-order valence-electron chi connectivity index (χ0n) is 12.0. The van der Waals surface area contributed by atoms with E-state index < -0.39 is 23.8 Å². The maximum atomic E-state index is 12.4. The van der Waals surface area contributed by atoms with Crippen molar-refractivity contribution in [1.82, 2.24) is 5.32 Å². The fourth-order valence-electron chi connectivity index (χ4n) is 1.96. The van der Waals surface area contributed by atoms with Crippen molar-refractivity contribution in [1.29, 1.82) is 0 Å². The molecule has 2 atom stereocenters. The van der Waals surface area contributed by atoms with Crippen molar-refractivity contribution in [2.45, 2.75) is 25.8 Å². The monoisotopic (exact) mass is 292 g/mol. The number of carbonyl (C=O) groups is 2. The van der Waals surface area contributed by atoms with Crippen LogP contribution in [0.25, 0.3) is 0 Å². The van der Waals surface area contributed by atoms with Gasteiger partial charge < -0.3 is 22.0 Å². The van der Waals surface area contributed by atoms with Crippen LogP contribution in [0.1, 0.15) is 25.3 Å². The fraction of sp³-hybridized carbons (Fsp3) is 0.357. The smallest absolute Gasteiger partial charge is 0.240 e. The van der Waals surface area contributed by atoms with Crippen LogP contribution in [0.4, 0.5) is 0 Å². The van der Waals surface area contributed by atoms with Crippen LogP contribution in [-0.4, -0.2) is 28.9 Å². The first-order chi connectivity index (χ1) is 9.88. The van der Waals surface area contributed by atoms with Gasteiger partial charge in [-0.2, -0.15) is 0 Å². The quantitative estimate of drug-likeness (QED) is 0.257. The highest BCUT2D eigenvalue weighted by Crippen LogP contribution is 2.17. The molecule has 0 spiro atoms. The first-order valence-electron chi connectivity index (χ1n) is 6.50. The van der Waals surface area contributed by atoms with Gasteiger partial charge in [-0.25, -0.2) is 0 Å². The summed E-state index contributed by atoms with van der Waals surface area (Å²) in [6, 6.07) is 7.77. The van der Waals surface area contributed by atoms with E-state index in [-0.39, 0.29) is 11.8 Å². The molecule has 0 fully saturated rings. The summed E-state index contributed by atoms with van der Waals surface area (Å²) < 4.78 is 0. The number of benzene rings is 1. The van der Waals surface area contributed by atoms with Crippen molar-refractivity contribution in [3.8, 4) is 0 Å². The van der Waals surface area contributed by atoms with Gasteiger partial charge in [-0.05, 0) is 11.5 Å². The minimum Gasteiger partial charge on any atom is -0.409 e. The Balaban J connectivity index is 3.05. The average Bonchev–Trinajstić information content (AvgIpc) is 2.45. The zero-order valence-corrected chi connectivity index (χ0v) is 12.0. The Bertz CT molecular complexity index is 528. The normalized spacial score (nSPS) is 14.5. The van der Waals surface area contributed by atoms with E-state index in [0.29, 0.717) is 5.56 Å². The molecule has 2 amide bonds. The number of nitrogens with zero attached hydrogens (tertiary/aromatic N) is 1. The molecular weight excluding hydrogens is 272 g/mol. The van der Waals surface area contributed by atoms with Crippen LogP contribution in [0, 0.1) is 5.92 Å². The van der Waals surface area contributed by atoms with E-state index in [1.807, 2.05) is 0 Å². The molecule has 0 aliphatic carbocycles. The highest BCUT2D eigenvalue weighted by atomic mass is 16.4. The number of rotatable bonds is 6. The maximum absolute atomic E-state index is 12.4. The molecular formula is C14H20N4O3. The van der Waals surface area contributed by atoms with Crippen molar-refractivity contribution in [2.75, 3.05) is 0 Å². The van der Waals surface area contributed by atoms with Crippen molar-refractivity contribution in [3.63, 3.8) is 0 Å². The van der Waals surface area contributed by atoms with Crippen LogP contribution in [-0.2, 0) is 9.59 Å². The molecule has 7 nitrogen and oxygen atoms in total. The van der Waals surface area contributed by atoms with Crippen LogP contribution in [0.3, 0.4) is 0 Å². The van der Waals surface area contributed by atoms with Crippen molar-refractivity contribution < 1.29 is 14.8 Å². The van der Waals surface area contributed by atoms with E-state index in [1.54, 1.807) is 44.2 Å². The summed E-state index contributed by atoms with van der Waals surface area (Å²) in [6.45, 7) is 3.52. The number of carbonyl (C=O) groups excluding carboxylic acids is 2. The summed E-state index contributed by atoms with van der Waals surface area (Å²) in [4.78, 5) is 23.7. The second kappa shape index (κ2) is 7.28. The van der Waals surface area contributed by atoms with E-state index in [0.717, 1.165) is 0 Å². The highest BCUT2D eigenvalue weighted by molar-refractivity contribution is 6.08. The van der Waals surface area contributed by atoms with Crippen LogP contribution in [0.2, 0.25) is 0 Å². The molecule has 0 aromatic heterocycles. The van der Waals surface area contributed by atoms with Gasteiger partial charge in [-0.1, -0.05) is 49.3 Å². The first kappa shape index (κ1) is 16.5. The van der Waals surface area contributed by atoms with Gasteiger partial charge in [0.1, 0.15) is 12.0 Å². The SMILES string of the molecule is CC(C)C(NC(=O)C(/C(N)=N/O)c1ccccc1)C(N)=O. The van der Waals surface area contributed by atoms with E-state index in [9.17, 15) is 9.59 Å². The number of primary amides is 1. The van der Waals surface area contributed by atoms with Crippen LogP contribution in [0.5, 0.6) is 0 Å². The van der Waals surface area contributed by atoms with Crippen molar-refractivity contribution >= 4 is 17.6 Å². The van der Waals surface area contributed by atoms with Gasteiger partial charge in [0.2, 0.25) is 11.8 Å². The Morgan fingerprint density at radius 3 is 2.19 bits per heavy atom. The van der Waals surface area contributed by atoms with E-state index in [2.05, 4.69) is 10.5 Å². The Morgan fingerprint density at radius 1 is 1.19 bits per heavy atom. The number of hydrogen-bond acceptors (Lipinski definition) is 4. The summed E-state index contributed by atoms with van der Waals surface area (Å²) in [6.07, 6.45) is 0. The summed E-state index contributed by atoms with van der Waals surface area (Å²) in [5.74, 6) is -2.60. The summed E-state index contributed by atoms with van der Waals surface area (Å²) >= 11 is 0. The van der Waals surface area contributed by atoms with Crippen LogP contribution >= 0.6 is 0 Å². The molecule has 1 aromatic rings. The molecule has 21 heavy (non-hydrogen) atoms. The minimum absolute atomic E-state index is 0.171. The molecule has 0 radical (unpaired) electrons. The lowest BCUT2D eigenvalue weighted by molar-refractivity contribution is -0.128. The molecule has 6 N–H and O–H groups in total. The second-order valence-corrected chi connectivity index (χ2v) is 5.00. The molecule has 1 aromatic carbocycles. The van der Waals surface area contributed by atoms with Crippen molar-refractivity contribution in [2.24, 2.45) is 22.5 Å². The zero-order chi connectivity index (χ0) is 16.0. The molecule has 0 saturated heterocycles. The first-order valence-corrected chi connectivity index (χ1v) is 6.50. The predicted molar refractivity (Wildman–Crippen MR) is 78.6 cm³/mol. The van der Waals surface area contributed by atoms with Gasteiger partial charge in [0, 0.05) is 0 Å². The molecule has 114 valence electrons. The lowest BCUT2D eigenvalue weighted by Gasteiger charge is -2.22. The number of amidine groups is 1. The van der Waals surface area contributed by atoms with Gasteiger partial charge >= 0.3 is 0 Å². The topological polar surface area (TPSA) is 131 Å². The third kappa shape index (κ3) is 4.20. The predicted octanol–water partition coefficient (Wildman–Crippen LogP) is 0.143. The largest absolute Gasteiger partial charge is 0.409 e. The highest BCUT2D eigenvalue weighted by Gasteiger charge is 2.30. The third-order valence-corrected chi connectivity index (χ3v) is 3.08. The van der Waals surface area contributed by atoms with Crippen LogP contribution in [0.15, 0.2) is 35.5 Å². The summed E-state index contributed by atoms with van der Waals surface area (Å²) in [5, 5.41) is 14.3. The number of nitrogens with two attached hydrogens (primary N) is 2. The van der Waals surface area contributed by atoms with Gasteiger partial charge in [0.05, 0.1) is 0 Å². The summed E-state index contributed by atoms with van der Waals surface area (Å²) in [7, 11) is 0. The number of oxime groups is 1. The number of amides is 2. The Hall–Kier alpha value is -2.57. The number of hydrogen-bond donors (Lipinski definition) is 4. The van der Waals surface area contributed by atoms with Crippen LogP contribution < -0.4 is 16.8 Å². The molecule has 0 saturated carbocycles. The third-order valence-electron chi connectivity index (χ3n) is 3.08. The molecule has 0 bridgehead atoms. The molecule has 0 aliphatic rings. The van der Waals surface area contributed by atoms with E-state index in [1.165, 1.54) is 0 Å². The van der Waals surface area contributed by atoms with Gasteiger partial charge in [-0.3, -0.25) is 9.59 Å². The molecule has 0 heterocycles. The second-order valence-electron chi connectivity index (χ2n) is 5.00. The average molecular weight is 292 g/mol. The lowest BCUT2D eigenvalue weighted by atomic mass is 9.95. The van der Waals surface area contributed by atoms with Gasteiger partial charge in [0.15, 0.2) is 5.84 Å². The Labute approximate surface area is 123 Å². The molecule has 0 aliphatic heterocycles. The lowest BCUT2D eigenvalue weighted by Crippen LogP contribution is -2.50. The van der Waals surface area contributed by atoms with E-state index >= 15 is 0 Å². The molecule has 1 rings (SSSR count). The van der Waals surface area contributed by atoms with Gasteiger partial charge in [0.25, 0.3) is 0 Å². The number of nitrogens with one attached hydrogen (secondary N) is 1. The van der Waals surface area contributed by atoms with Crippen molar-refractivity contribution in [3.05, 3.63) is 35.9 Å². The fourth-order valence-corrected chi connectivity index (χ4v) is 1.96. The maximum Gasteiger partial charge on any atom is 0.240 e. The standard InChI is InChI=1S/C14H20N4O3/c1-8(2)11(13(16)19)17-14(20)10(12(15)18-21)9-6-4-3-5-7-9/h3-8,10-11,21H,1-2H3,(H2,15,18)(H2,16,19)(H,17,20). The summed E-state index contributed by atoms with van der Waals surface area (Å²) in [5.41, 5.74) is 11.4. The Morgan fingerprint density at radius 2 is 1.76 bits per heavy atom. The molecule has 7 heteroatoms. The van der Waals surface area contributed by atoms with Gasteiger partial charge in [-0.15, -0.1) is 0 Å². The minimum atomic E-state index is -0.989. The van der Waals surface area contributed by atoms with E-state index in [4.69, 9.17) is 16.7 Å². The molecule has 2 unspecified atom stereocenters. The Kier molecular flexibility index (Phi) is 5.71.